The largest absolute Gasteiger partial charge is 0.460 e. The molecule has 0 saturated heterocycles. The first kappa shape index (κ1) is 15.7. The summed E-state index contributed by atoms with van der Waals surface area (Å²) in [5.74, 6) is 0.513. The first-order valence-corrected chi connectivity index (χ1v) is 8.04. The van der Waals surface area contributed by atoms with E-state index in [1.807, 2.05) is 0 Å². The molecule has 0 bridgehead atoms. The number of fused-ring (bicyclic) bond motifs is 1. The Hall–Kier alpha value is -1.69. The third kappa shape index (κ3) is 2.85. The number of ether oxygens (including phenoxy) is 1. The maximum absolute atomic E-state index is 12.0. The predicted molar refractivity (Wildman–Crippen MR) is 86.4 cm³/mol. The van der Waals surface area contributed by atoms with E-state index in [9.17, 15) is 4.79 Å². The molecule has 0 unspecified atom stereocenters. The topological polar surface area (TPSA) is 55.3 Å². The minimum Gasteiger partial charge on any atom is -0.460 e. The van der Waals surface area contributed by atoms with Crippen LogP contribution in [-0.2, 0) is 4.74 Å². The van der Waals surface area contributed by atoms with Gasteiger partial charge in [-0.3, -0.25) is 0 Å². The fourth-order valence-corrected chi connectivity index (χ4v) is 3.29. The average molecular weight is 307 g/mol. The smallest absolute Gasteiger partial charge is 0.376 e. The van der Waals surface area contributed by atoms with Crippen LogP contribution in [0.3, 0.4) is 0 Å². The maximum atomic E-state index is 12.0. The molecule has 0 aliphatic heterocycles. The summed E-state index contributed by atoms with van der Waals surface area (Å²) in [6, 6.07) is 0. The third-order valence-corrected chi connectivity index (χ3v) is 4.63. The van der Waals surface area contributed by atoms with Crippen molar-refractivity contribution in [3.8, 4) is 0 Å². The zero-order valence-electron chi connectivity index (χ0n) is 13.2. The number of rotatable bonds is 5. The van der Waals surface area contributed by atoms with Crippen molar-refractivity contribution in [2.75, 3.05) is 24.6 Å². The number of esters is 1. The highest BCUT2D eigenvalue weighted by molar-refractivity contribution is 7.18. The van der Waals surface area contributed by atoms with Gasteiger partial charge >= 0.3 is 5.97 Å². The van der Waals surface area contributed by atoms with Gasteiger partial charge in [-0.2, -0.15) is 0 Å². The van der Waals surface area contributed by atoms with E-state index < -0.39 is 5.97 Å². The normalized spacial score (nSPS) is 10.9. The van der Waals surface area contributed by atoms with Gasteiger partial charge in [0.2, 0.25) is 5.82 Å². The first-order chi connectivity index (χ1) is 10.0. The number of aromatic nitrogens is 2. The summed E-state index contributed by atoms with van der Waals surface area (Å²) in [5.41, 5.74) is 1.19. The molecular weight excluding hydrogens is 286 g/mol. The Labute approximate surface area is 129 Å². The van der Waals surface area contributed by atoms with Gasteiger partial charge in [0.1, 0.15) is 10.6 Å². The van der Waals surface area contributed by atoms with Gasteiger partial charge in [0.25, 0.3) is 0 Å². The summed E-state index contributed by atoms with van der Waals surface area (Å²) in [5, 5.41) is 1.05. The molecule has 2 rings (SSSR count). The predicted octanol–water partition coefficient (Wildman–Crippen LogP) is 3.33. The molecule has 0 fully saturated rings. The molecule has 0 saturated carbocycles. The lowest BCUT2D eigenvalue weighted by Gasteiger charge is -2.21. The second-order valence-electron chi connectivity index (χ2n) is 4.73. The van der Waals surface area contributed by atoms with Gasteiger partial charge in [-0.15, -0.1) is 11.3 Å². The van der Waals surface area contributed by atoms with Gasteiger partial charge < -0.3 is 9.64 Å². The van der Waals surface area contributed by atoms with Crippen LogP contribution in [0.15, 0.2) is 0 Å². The van der Waals surface area contributed by atoms with Crippen molar-refractivity contribution < 1.29 is 9.53 Å². The SMILES string of the molecule is CCOC(=O)c1nc(N(CC)CC)c2c(C)c(C)sc2n1. The van der Waals surface area contributed by atoms with Gasteiger partial charge in [0.15, 0.2) is 0 Å². The summed E-state index contributed by atoms with van der Waals surface area (Å²) in [6.45, 7) is 12.1. The Morgan fingerprint density at radius 2 is 1.86 bits per heavy atom. The third-order valence-electron chi connectivity index (χ3n) is 3.53. The number of nitrogens with zero attached hydrogens (tertiary/aromatic N) is 3. The van der Waals surface area contributed by atoms with Crippen LogP contribution in [0.5, 0.6) is 0 Å². The van der Waals surface area contributed by atoms with Crippen LogP contribution < -0.4 is 4.90 Å². The monoisotopic (exact) mass is 307 g/mol. The van der Waals surface area contributed by atoms with E-state index in [0.29, 0.717) is 6.61 Å². The van der Waals surface area contributed by atoms with Crippen LogP contribution in [0.4, 0.5) is 5.82 Å². The number of hydrogen-bond acceptors (Lipinski definition) is 6. The Bertz CT molecular complexity index is 662. The van der Waals surface area contributed by atoms with Crippen molar-refractivity contribution in [2.45, 2.75) is 34.6 Å². The second kappa shape index (κ2) is 6.39. The molecule has 5 nitrogen and oxygen atoms in total. The van der Waals surface area contributed by atoms with Crippen LogP contribution in [0.2, 0.25) is 0 Å². The van der Waals surface area contributed by atoms with Gasteiger partial charge in [0, 0.05) is 18.0 Å². The van der Waals surface area contributed by atoms with Crippen LogP contribution >= 0.6 is 11.3 Å². The molecule has 0 atom stereocenters. The lowest BCUT2D eigenvalue weighted by Crippen LogP contribution is -2.24. The molecule has 2 heterocycles. The van der Waals surface area contributed by atoms with Crippen molar-refractivity contribution >= 4 is 33.3 Å². The van der Waals surface area contributed by atoms with E-state index in [-0.39, 0.29) is 5.82 Å². The summed E-state index contributed by atoms with van der Waals surface area (Å²) < 4.78 is 5.04. The van der Waals surface area contributed by atoms with Crippen molar-refractivity contribution in [2.24, 2.45) is 0 Å². The van der Waals surface area contributed by atoms with Crippen molar-refractivity contribution in [1.29, 1.82) is 0 Å². The highest BCUT2D eigenvalue weighted by atomic mass is 32.1. The lowest BCUT2D eigenvalue weighted by molar-refractivity contribution is 0.0512. The Kier molecular flexibility index (Phi) is 4.77. The molecule has 114 valence electrons. The number of carbonyl (C=O) groups is 1. The Balaban J connectivity index is 2.68. The van der Waals surface area contributed by atoms with Crippen molar-refractivity contribution in [3.63, 3.8) is 0 Å². The summed E-state index contributed by atoms with van der Waals surface area (Å²) in [6.07, 6.45) is 0. The van der Waals surface area contributed by atoms with E-state index in [1.54, 1.807) is 18.3 Å². The molecule has 2 aromatic rings. The van der Waals surface area contributed by atoms with Crippen molar-refractivity contribution in [3.05, 3.63) is 16.3 Å². The van der Waals surface area contributed by atoms with Gasteiger partial charge in [-0.05, 0) is 40.2 Å². The molecule has 21 heavy (non-hydrogen) atoms. The minimum absolute atomic E-state index is 0.146. The molecule has 0 spiro atoms. The molecule has 0 amide bonds. The zero-order valence-corrected chi connectivity index (χ0v) is 14.0. The highest BCUT2D eigenvalue weighted by Gasteiger charge is 2.21. The fourth-order valence-electron chi connectivity index (χ4n) is 2.27. The number of aryl methyl sites for hydroxylation is 2. The number of thiophene rings is 1. The van der Waals surface area contributed by atoms with Crippen LogP contribution in [-0.4, -0.2) is 35.6 Å². The average Bonchev–Trinajstić information content (AvgIpc) is 2.75. The van der Waals surface area contributed by atoms with E-state index in [4.69, 9.17) is 4.74 Å². The molecule has 6 heteroatoms. The molecule has 0 radical (unpaired) electrons. The molecular formula is C15H21N3O2S. The van der Waals surface area contributed by atoms with E-state index in [0.717, 1.165) is 29.1 Å². The van der Waals surface area contributed by atoms with Crippen LogP contribution in [0, 0.1) is 13.8 Å². The number of anilines is 1. The summed E-state index contributed by atoms with van der Waals surface area (Å²) in [4.78, 5) is 25.0. The van der Waals surface area contributed by atoms with E-state index in [2.05, 4.69) is 42.6 Å². The zero-order chi connectivity index (χ0) is 15.6. The van der Waals surface area contributed by atoms with Gasteiger partial charge in [-0.1, -0.05) is 0 Å². The Morgan fingerprint density at radius 3 is 2.43 bits per heavy atom. The second-order valence-corrected chi connectivity index (χ2v) is 5.93. The summed E-state index contributed by atoms with van der Waals surface area (Å²) >= 11 is 1.60. The molecule has 0 N–H and O–H groups in total. The molecule has 0 aliphatic rings. The Morgan fingerprint density at radius 1 is 1.19 bits per heavy atom. The molecule has 0 aliphatic carbocycles. The first-order valence-electron chi connectivity index (χ1n) is 7.23. The summed E-state index contributed by atoms with van der Waals surface area (Å²) in [7, 11) is 0. The highest BCUT2D eigenvalue weighted by Crippen LogP contribution is 2.34. The molecule has 2 aromatic heterocycles. The van der Waals surface area contributed by atoms with Gasteiger partial charge in [-0.25, -0.2) is 14.8 Å². The standard InChI is InChI=1S/C15H21N3O2S/c1-6-18(7-2)13-11-9(4)10(5)21-14(11)17-12(16-13)15(19)20-8-3/h6-8H2,1-5H3. The maximum Gasteiger partial charge on any atom is 0.376 e. The molecule has 0 aromatic carbocycles. The number of hydrogen-bond donors (Lipinski definition) is 0. The minimum atomic E-state index is -0.462. The number of carbonyl (C=O) groups excluding carboxylic acids is 1. The quantitative estimate of drug-likeness (QED) is 0.793. The lowest BCUT2D eigenvalue weighted by atomic mass is 10.2. The van der Waals surface area contributed by atoms with E-state index in [1.165, 1.54) is 10.4 Å². The van der Waals surface area contributed by atoms with E-state index >= 15 is 0 Å². The fraction of sp³-hybridized carbons (Fsp3) is 0.533. The van der Waals surface area contributed by atoms with Crippen LogP contribution in [0.1, 0.15) is 41.8 Å². The van der Waals surface area contributed by atoms with Crippen molar-refractivity contribution in [1.82, 2.24) is 9.97 Å². The van der Waals surface area contributed by atoms with Gasteiger partial charge in [0.05, 0.1) is 12.0 Å². The van der Waals surface area contributed by atoms with Crippen LogP contribution in [0.25, 0.3) is 10.2 Å².